The summed E-state index contributed by atoms with van der Waals surface area (Å²) in [5, 5.41) is 9.25. The fraction of sp³-hybridized carbons (Fsp3) is 0.273. The predicted molar refractivity (Wildman–Crippen MR) is 68.7 cm³/mol. The zero-order chi connectivity index (χ0) is 13.3. The highest BCUT2D eigenvalue weighted by Crippen LogP contribution is 2.27. The fourth-order valence-electron chi connectivity index (χ4n) is 1.64. The van der Waals surface area contributed by atoms with Gasteiger partial charge in [-0.2, -0.15) is 0 Å². The molecule has 0 saturated heterocycles. The molecule has 0 fully saturated rings. The van der Waals surface area contributed by atoms with Crippen molar-refractivity contribution in [2.45, 2.75) is 18.6 Å². The van der Waals surface area contributed by atoms with Crippen LogP contribution in [-0.2, 0) is 11.3 Å². The van der Waals surface area contributed by atoms with Gasteiger partial charge in [-0.15, -0.1) is 0 Å². The van der Waals surface area contributed by atoms with Gasteiger partial charge in [0.25, 0.3) is 0 Å². The molecular formula is C11H10ClFN2O2S. The highest BCUT2D eigenvalue weighted by Gasteiger charge is 2.14. The summed E-state index contributed by atoms with van der Waals surface area (Å²) in [5.41, 5.74) is 1.18. The van der Waals surface area contributed by atoms with Crippen molar-refractivity contribution < 1.29 is 14.3 Å². The van der Waals surface area contributed by atoms with E-state index < -0.39 is 11.8 Å². The first-order valence-corrected chi connectivity index (χ1v) is 6.59. The fourth-order valence-corrected chi connectivity index (χ4v) is 2.60. The number of rotatable bonds is 4. The molecule has 1 N–H and O–H groups in total. The molecule has 4 nitrogen and oxygen atoms in total. The first kappa shape index (κ1) is 13.2. The van der Waals surface area contributed by atoms with Crippen LogP contribution in [-0.4, -0.2) is 26.4 Å². The van der Waals surface area contributed by atoms with Crippen molar-refractivity contribution in [3.63, 3.8) is 0 Å². The zero-order valence-electron chi connectivity index (χ0n) is 9.48. The maximum absolute atomic E-state index is 13.3. The number of carbonyl (C=O) groups is 1. The maximum atomic E-state index is 13.3. The Balaban J connectivity index is 2.50. The van der Waals surface area contributed by atoms with Crippen molar-refractivity contribution >= 4 is 40.4 Å². The van der Waals surface area contributed by atoms with Crippen LogP contribution < -0.4 is 0 Å². The maximum Gasteiger partial charge on any atom is 0.313 e. The Hall–Kier alpha value is -1.27. The molecule has 96 valence electrons. The molecule has 1 heterocycles. The average Bonchev–Trinajstić information content (AvgIpc) is 2.64. The summed E-state index contributed by atoms with van der Waals surface area (Å²) in [4.78, 5) is 14.8. The van der Waals surface area contributed by atoms with E-state index in [0.29, 0.717) is 22.7 Å². The Labute approximate surface area is 112 Å². The van der Waals surface area contributed by atoms with Crippen LogP contribution in [0.1, 0.15) is 6.92 Å². The monoisotopic (exact) mass is 288 g/mol. The molecule has 1 aromatic heterocycles. The van der Waals surface area contributed by atoms with Gasteiger partial charge in [0, 0.05) is 12.6 Å². The lowest BCUT2D eigenvalue weighted by Crippen LogP contribution is -2.01. The molecule has 18 heavy (non-hydrogen) atoms. The molecule has 0 radical (unpaired) electrons. The van der Waals surface area contributed by atoms with Gasteiger partial charge in [0.05, 0.1) is 21.8 Å². The number of aryl methyl sites for hydroxylation is 1. The molecule has 0 spiro atoms. The third-order valence-corrected chi connectivity index (χ3v) is 3.65. The van der Waals surface area contributed by atoms with Gasteiger partial charge in [-0.05, 0) is 13.0 Å². The smallest absolute Gasteiger partial charge is 0.313 e. The number of aromatic nitrogens is 2. The zero-order valence-corrected chi connectivity index (χ0v) is 11.1. The van der Waals surface area contributed by atoms with Crippen molar-refractivity contribution in [2.24, 2.45) is 0 Å². The van der Waals surface area contributed by atoms with Gasteiger partial charge in [0.1, 0.15) is 5.82 Å². The minimum atomic E-state index is -0.918. The number of nitrogens with zero attached hydrogens (tertiary/aromatic N) is 2. The minimum absolute atomic E-state index is 0.0342. The van der Waals surface area contributed by atoms with Gasteiger partial charge < -0.3 is 9.67 Å². The minimum Gasteiger partial charge on any atom is -0.481 e. The SMILES string of the molecule is CCn1c(SCC(=O)O)nc2cc(F)c(Cl)cc21. The second kappa shape index (κ2) is 5.16. The van der Waals surface area contributed by atoms with Crippen LogP contribution in [0.5, 0.6) is 0 Å². The summed E-state index contributed by atoms with van der Waals surface area (Å²) in [5.74, 6) is -1.53. The topological polar surface area (TPSA) is 55.1 Å². The van der Waals surface area contributed by atoms with E-state index in [1.165, 1.54) is 12.1 Å². The Morgan fingerprint density at radius 3 is 2.94 bits per heavy atom. The molecular weight excluding hydrogens is 279 g/mol. The van der Waals surface area contributed by atoms with E-state index in [1.807, 2.05) is 11.5 Å². The van der Waals surface area contributed by atoms with Gasteiger partial charge in [-0.3, -0.25) is 4.79 Å². The normalized spacial score (nSPS) is 11.1. The molecule has 0 amide bonds. The summed E-state index contributed by atoms with van der Waals surface area (Å²) >= 11 is 6.84. The van der Waals surface area contributed by atoms with Crippen molar-refractivity contribution in [2.75, 3.05) is 5.75 Å². The first-order chi connectivity index (χ1) is 8.52. The molecule has 0 unspecified atom stereocenters. The number of fused-ring (bicyclic) bond motifs is 1. The third kappa shape index (κ3) is 2.44. The van der Waals surface area contributed by atoms with Gasteiger partial charge in [-0.1, -0.05) is 23.4 Å². The van der Waals surface area contributed by atoms with Crippen LogP contribution in [0.4, 0.5) is 4.39 Å². The summed E-state index contributed by atoms with van der Waals surface area (Å²) in [7, 11) is 0. The number of imidazole rings is 1. The third-order valence-electron chi connectivity index (χ3n) is 2.40. The number of hydrogen-bond donors (Lipinski definition) is 1. The lowest BCUT2D eigenvalue weighted by atomic mass is 10.3. The van der Waals surface area contributed by atoms with Crippen LogP contribution >= 0.6 is 23.4 Å². The summed E-state index contributed by atoms with van der Waals surface area (Å²) in [6.07, 6.45) is 0. The summed E-state index contributed by atoms with van der Waals surface area (Å²) in [6, 6.07) is 2.77. The Morgan fingerprint density at radius 2 is 2.33 bits per heavy atom. The van der Waals surface area contributed by atoms with Crippen LogP contribution in [0.2, 0.25) is 5.02 Å². The van der Waals surface area contributed by atoms with E-state index in [-0.39, 0.29) is 10.8 Å². The van der Waals surface area contributed by atoms with Gasteiger partial charge in [0.2, 0.25) is 0 Å². The van der Waals surface area contributed by atoms with Gasteiger partial charge >= 0.3 is 5.97 Å². The first-order valence-electron chi connectivity index (χ1n) is 5.22. The standard InChI is InChI=1S/C11H10ClFN2O2S/c1-2-15-9-3-6(12)7(13)4-8(9)14-11(15)18-5-10(16)17/h3-4H,2,5H2,1H3,(H,16,17). The van der Waals surface area contributed by atoms with Gasteiger partial charge in [0.15, 0.2) is 5.16 Å². The molecule has 7 heteroatoms. The average molecular weight is 289 g/mol. The summed E-state index contributed by atoms with van der Waals surface area (Å²) < 4.78 is 15.1. The van der Waals surface area contributed by atoms with Crippen molar-refractivity contribution in [3.8, 4) is 0 Å². The van der Waals surface area contributed by atoms with Crippen molar-refractivity contribution in [1.82, 2.24) is 9.55 Å². The largest absolute Gasteiger partial charge is 0.481 e. The number of carboxylic acids is 1. The van der Waals surface area contributed by atoms with E-state index in [2.05, 4.69) is 4.98 Å². The molecule has 0 atom stereocenters. The lowest BCUT2D eigenvalue weighted by Gasteiger charge is -2.04. The van der Waals surface area contributed by atoms with E-state index >= 15 is 0 Å². The predicted octanol–water partition coefficient (Wildman–Crippen LogP) is 3.03. The van der Waals surface area contributed by atoms with Crippen LogP contribution in [0.25, 0.3) is 11.0 Å². The highest BCUT2D eigenvalue weighted by atomic mass is 35.5. The second-order valence-corrected chi connectivity index (χ2v) is 4.93. The molecule has 0 aliphatic rings. The number of aliphatic carboxylic acids is 1. The van der Waals surface area contributed by atoms with Gasteiger partial charge in [-0.25, -0.2) is 9.37 Å². The molecule has 2 rings (SSSR count). The molecule has 2 aromatic rings. The van der Waals surface area contributed by atoms with E-state index in [0.717, 1.165) is 11.8 Å². The van der Waals surface area contributed by atoms with E-state index in [4.69, 9.17) is 16.7 Å². The highest BCUT2D eigenvalue weighted by molar-refractivity contribution is 7.99. The lowest BCUT2D eigenvalue weighted by molar-refractivity contribution is -0.133. The van der Waals surface area contributed by atoms with Crippen LogP contribution in [0, 0.1) is 5.82 Å². The Morgan fingerprint density at radius 1 is 1.61 bits per heavy atom. The molecule has 0 bridgehead atoms. The van der Waals surface area contributed by atoms with Crippen molar-refractivity contribution in [3.05, 3.63) is 23.0 Å². The van der Waals surface area contributed by atoms with Crippen LogP contribution in [0.3, 0.4) is 0 Å². The number of carboxylic acid groups (broad SMARTS) is 1. The Bertz CT molecular complexity index is 615. The van der Waals surface area contributed by atoms with Crippen LogP contribution in [0.15, 0.2) is 17.3 Å². The van der Waals surface area contributed by atoms with E-state index in [1.54, 1.807) is 0 Å². The molecule has 0 aliphatic carbocycles. The number of benzene rings is 1. The Kier molecular flexibility index (Phi) is 3.77. The quantitative estimate of drug-likeness (QED) is 0.879. The second-order valence-electron chi connectivity index (χ2n) is 3.58. The number of hydrogen-bond acceptors (Lipinski definition) is 3. The van der Waals surface area contributed by atoms with E-state index in [9.17, 15) is 9.18 Å². The van der Waals surface area contributed by atoms with Crippen molar-refractivity contribution in [1.29, 1.82) is 0 Å². The number of thioether (sulfide) groups is 1. The summed E-state index contributed by atoms with van der Waals surface area (Å²) in [6.45, 7) is 2.52. The molecule has 0 saturated carbocycles. The number of halogens is 2. The molecule has 0 aliphatic heterocycles. The molecule has 1 aromatic carbocycles.